The van der Waals surface area contributed by atoms with Crippen LogP contribution in [0.4, 0.5) is 0 Å². The number of rotatable bonds is 5. The van der Waals surface area contributed by atoms with Gasteiger partial charge in [0.05, 0.1) is 17.1 Å². The maximum Gasteiger partial charge on any atom is 0.304 e. The number of carbonyl (C=O) groups is 2. The van der Waals surface area contributed by atoms with Gasteiger partial charge in [0.15, 0.2) is 0 Å². The summed E-state index contributed by atoms with van der Waals surface area (Å²) in [6.45, 7) is 1.06. The van der Waals surface area contributed by atoms with E-state index in [0.717, 1.165) is 0 Å². The number of amides is 1. The van der Waals surface area contributed by atoms with E-state index in [1.54, 1.807) is 17.0 Å². The first-order valence-electron chi connectivity index (χ1n) is 6.42. The lowest BCUT2D eigenvalue weighted by atomic mass is 10.3. The van der Waals surface area contributed by atoms with E-state index in [1.165, 1.54) is 15.6 Å². The van der Waals surface area contributed by atoms with Crippen molar-refractivity contribution in [3.8, 4) is 0 Å². The molecule has 2 heterocycles. The Hall–Kier alpha value is -1.45. The van der Waals surface area contributed by atoms with E-state index in [0.29, 0.717) is 18.0 Å². The highest BCUT2D eigenvalue weighted by Gasteiger charge is 2.29. The quantitative estimate of drug-likeness (QED) is 0.837. The summed E-state index contributed by atoms with van der Waals surface area (Å²) < 4.78 is 25.2. The van der Waals surface area contributed by atoms with Crippen molar-refractivity contribution < 1.29 is 23.1 Å². The van der Waals surface area contributed by atoms with Crippen LogP contribution in [0.5, 0.6) is 0 Å². The van der Waals surface area contributed by atoms with Crippen molar-refractivity contribution in [3.63, 3.8) is 0 Å². The minimum atomic E-state index is -3.56. The average Bonchev–Trinajstić information content (AvgIpc) is 2.99. The van der Waals surface area contributed by atoms with E-state index in [1.807, 2.05) is 5.38 Å². The van der Waals surface area contributed by atoms with E-state index < -0.39 is 28.2 Å². The molecule has 1 fully saturated rings. The molecule has 1 aromatic heterocycles. The van der Waals surface area contributed by atoms with E-state index in [9.17, 15) is 18.0 Å². The van der Waals surface area contributed by atoms with Crippen LogP contribution in [0, 0.1) is 0 Å². The number of piperazine rings is 1. The maximum atomic E-state index is 12.1. The van der Waals surface area contributed by atoms with Gasteiger partial charge in [0, 0.05) is 26.2 Å². The second kappa shape index (κ2) is 6.54. The zero-order valence-electron chi connectivity index (χ0n) is 11.3. The highest BCUT2D eigenvalue weighted by Crippen LogP contribution is 2.15. The number of carboxylic acids is 1. The van der Waals surface area contributed by atoms with Crippen LogP contribution in [0.2, 0.25) is 0 Å². The molecular formula is C12H16N2O5S2. The van der Waals surface area contributed by atoms with Crippen molar-refractivity contribution in [1.29, 1.82) is 0 Å². The van der Waals surface area contributed by atoms with Gasteiger partial charge in [-0.3, -0.25) is 9.59 Å². The number of thiophene rings is 1. The first-order valence-corrected chi connectivity index (χ1v) is 8.91. The van der Waals surface area contributed by atoms with E-state index in [-0.39, 0.29) is 19.0 Å². The van der Waals surface area contributed by atoms with Gasteiger partial charge in [0.1, 0.15) is 0 Å². The molecule has 0 saturated carbocycles. The first-order chi connectivity index (χ1) is 9.90. The second-order valence-corrected chi connectivity index (χ2v) is 7.66. The standard InChI is InChI=1S/C12H16N2O5S2/c15-11(16)3-9-21(18,19)14-6-4-13(5-7-14)12(17)10-2-1-8-20-10/h1-2,8H,3-7,9H2,(H,15,16). The molecule has 0 atom stereocenters. The molecule has 1 aromatic rings. The predicted octanol–water partition coefficient (Wildman–Crippen LogP) is 0.310. The lowest BCUT2D eigenvalue weighted by Crippen LogP contribution is -2.51. The van der Waals surface area contributed by atoms with Crippen molar-refractivity contribution in [3.05, 3.63) is 22.4 Å². The molecule has 0 bridgehead atoms. The number of hydrogen-bond donors (Lipinski definition) is 1. The Kier molecular flexibility index (Phi) is 4.96. The van der Waals surface area contributed by atoms with Crippen LogP contribution in [-0.4, -0.2) is 66.5 Å². The molecule has 1 saturated heterocycles. The van der Waals surface area contributed by atoms with Crippen molar-refractivity contribution >= 4 is 33.2 Å². The van der Waals surface area contributed by atoms with E-state index in [2.05, 4.69) is 0 Å². The summed E-state index contributed by atoms with van der Waals surface area (Å²) in [5.74, 6) is -1.63. The lowest BCUT2D eigenvalue weighted by molar-refractivity contribution is -0.136. The van der Waals surface area contributed by atoms with E-state index >= 15 is 0 Å². The summed E-state index contributed by atoms with van der Waals surface area (Å²) in [7, 11) is -3.56. The van der Waals surface area contributed by atoms with Crippen LogP contribution in [0.25, 0.3) is 0 Å². The first kappa shape index (κ1) is 15.9. The van der Waals surface area contributed by atoms with Gasteiger partial charge in [0.25, 0.3) is 5.91 Å². The summed E-state index contributed by atoms with van der Waals surface area (Å²) in [6, 6.07) is 3.54. The molecule has 0 radical (unpaired) electrons. The second-order valence-electron chi connectivity index (χ2n) is 4.63. The topological polar surface area (TPSA) is 95.0 Å². The van der Waals surface area contributed by atoms with Gasteiger partial charge < -0.3 is 10.0 Å². The molecule has 21 heavy (non-hydrogen) atoms. The third kappa shape index (κ3) is 4.02. The molecular weight excluding hydrogens is 316 g/mol. The molecule has 1 aliphatic rings. The fourth-order valence-electron chi connectivity index (χ4n) is 2.07. The Labute approximate surface area is 126 Å². The maximum absolute atomic E-state index is 12.1. The van der Waals surface area contributed by atoms with Gasteiger partial charge in [-0.2, -0.15) is 4.31 Å². The summed E-state index contributed by atoms with van der Waals surface area (Å²) in [5, 5.41) is 10.4. The fourth-order valence-corrected chi connectivity index (χ4v) is 4.17. The van der Waals surface area contributed by atoms with Crippen LogP contribution in [0.3, 0.4) is 0 Å². The third-order valence-electron chi connectivity index (χ3n) is 3.23. The molecule has 0 aliphatic carbocycles. The molecule has 116 valence electrons. The van der Waals surface area contributed by atoms with Crippen LogP contribution < -0.4 is 0 Å². The molecule has 0 spiro atoms. The van der Waals surface area contributed by atoms with Crippen LogP contribution >= 0.6 is 11.3 Å². The van der Waals surface area contributed by atoms with E-state index in [4.69, 9.17) is 5.11 Å². The van der Waals surface area contributed by atoms with Gasteiger partial charge in [-0.25, -0.2) is 8.42 Å². The Bertz CT molecular complexity index is 604. The molecule has 9 heteroatoms. The third-order valence-corrected chi connectivity index (χ3v) is 5.95. The number of sulfonamides is 1. The summed E-state index contributed by atoms with van der Waals surface area (Å²) in [6.07, 6.45) is -0.406. The summed E-state index contributed by atoms with van der Waals surface area (Å²) >= 11 is 1.35. The van der Waals surface area contributed by atoms with Gasteiger partial charge in [-0.15, -0.1) is 11.3 Å². The number of carbonyl (C=O) groups excluding carboxylic acids is 1. The Balaban J connectivity index is 1.91. The van der Waals surface area contributed by atoms with Crippen molar-refractivity contribution in [1.82, 2.24) is 9.21 Å². The molecule has 1 N–H and O–H groups in total. The highest BCUT2D eigenvalue weighted by molar-refractivity contribution is 7.89. The Morgan fingerprint density at radius 2 is 1.90 bits per heavy atom. The lowest BCUT2D eigenvalue weighted by Gasteiger charge is -2.33. The van der Waals surface area contributed by atoms with Crippen LogP contribution in [0.1, 0.15) is 16.1 Å². The normalized spacial score (nSPS) is 16.9. The van der Waals surface area contributed by atoms with Crippen LogP contribution in [-0.2, 0) is 14.8 Å². The monoisotopic (exact) mass is 332 g/mol. The predicted molar refractivity (Wildman–Crippen MR) is 77.8 cm³/mol. The summed E-state index contributed by atoms with van der Waals surface area (Å²) in [4.78, 5) is 24.8. The highest BCUT2D eigenvalue weighted by atomic mass is 32.2. The number of nitrogens with zero attached hydrogens (tertiary/aromatic N) is 2. The largest absolute Gasteiger partial charge is 0.481 e. The molecule has 2 rings (SSSR count). The van der Waals surface area contributed by atoms with Crippen molar-refractivity contribution in [2.75, 3.05) is 31.9 Å². The van der Waals surface area contributed by atoms with Gasteiger partial charge in [-0.05, 0) is 11.4 Å². The fraction of sp³-hybridized carbons (Fsp3) is 0.500. The number of hydrogen-bond acceptors (Lipinski definition) is 5. The number of carboxylic acid groups (broad SMARTS) is 1. The smallest absolute Gasteiger partial charge is 0.304 e. The minimum Gasteiger partial charge on any atom is -0.481 e. The zero-order chi connectivity index (χ0) is 15.5. The average molecular weight is 332 g/mol. The zero-order valence-corrected chi connectivity index (χ0v) is 12.9. The van der Waals surface area contributed by atoms with Gasteiger partial charge in [0.2, 0.25) is 10.0 Å². The molecule has 1 aliphatic heterocycles. The van der Waals surface area contributed by atoms with Crippen molar-refractivity contribution in [2.24, 2.45) is 0 Å². The minimum absolute atomic E-state index is 0.0902. The van der Waals surface area contributed by atoms with Crippen molar-refractivity contribution in [2.45, 2.75) is 6.42 Å². The van der Waals surface area contributed by atoms with Crippen LogP contribution in [0.15, 0.2) is 17.5 Å². The molecule has 7 nitrogen and oxygen atoms in total. The van der Waals surface area contributed by atoms with Gasteiger partial charge in [-0.1, -0.05) is 6.07 Å². The summed E-state index contributed by atoms with van der Waals surface area (Å²) in [5.41, 5.74) is 0. The number of aliphatic carboxylic acids is 1. The SMILES string of the molecule is O=C(O)CCS(=O)(=O)N1CCN(C(=O)c2cccs2)CC1. The molecule has 0 aromatic carbocycles. The Morgan fingerprint density at radius 3 is 2.43 bits per heavy atom. The molecule has 1 amide bonds. The molecule has 0 unspecified atom stereocenters. The van der Waals surface area contributed by atoms with Gasteiger partial charge >= 0.3 is 5.97 Å². The Morgan fingerprint density at radius 1 is 1.24 bits per heavy atom.